The third-order valence-corrected chi connectivity index (χ3v) is 8.46. The third-order valence-electron chi connectivity index (χ3n) is 7.08. The average molecular weight is 566 g/mol. The van der Waals surface area contributed by atoms with E-state index in [2.05, 4.69) is 9.80 Å². The molecule has 1 N–H and O–H groups in total. The van der Waals surface area contributed by atoms with Crippen molar-refractivity contribution < 1.29 is 19.4 Å². The molecule has 0 aliphatic carbocycles. The highest BCUT2D eigenvalue weighted by Gasteiger charge is 2.33. The highest BCUT2D eigenvalue weighted by molar-refractivity contribution is 8.26. The lowest BCUT2D eigenvalue weighted by Gasteiger charge is -2.35. The van der Waals surface area contributed by atoms with Crippen molar-refractivity contribution in [2.75, 3.05) is 51.0 Å². The van der Waals surface area contributed by atoms with Crippen LogP contribution < -0.4 is 19.9 Å². The number of benzene rings is 1. The minimum Gasteiger partial charge on any atom is -0.454 e. The van der Waals surface area contributed by atoms with Crippen LogP contribution in [0.5, 0.6) is 11.5 Å². The molecule has 3 aromatic rings. The second-order valence-corrected chi connectivity index (χ2v) is 11.2. The number of aliphatic hydroxyl groups is 1. The molecular formula is C27H27N5O5S2. The first-order valence-corrected chi connectivity index (χ1v) is 13.9. The number of carbonyl (C=O) groups excluding carboxylic acids is 1. The number of rotatable bonds is 6. The van der Waals surface area contributed by atoms with E-state index in [-0.39, 0.29) is 31.4 Å². The Morgan fingerprint density at radius 1 is 1.13 bits per heavy atom. The van der Waals surface area contributed by atoms with Gasteiger partial charge in [-0.3, -0.25) is 23.8 Å². The number of hydrogen-bond donors (Lipinski definition) is 1. The summed E-state index contributed by atoms with van der Waals surface area (Å²) in [5.41, 5.74) is 2.45. The Balaban J connectivity index is 1.35. The zero-order valence-electron chi connectivity index (χ0n) is 21.3. The number of aromatic nitrogens is 2. The Morgan fingerprint density at radius 3 is 2.72 bits per heavy atom. The Bertz CT molecular complexity index is 1560. The Kier molecular flexibility index (Phi) is 7.02. The maximum absolute atomic E-state index is 13.8. The molecule has 0 saturated carbocycles. The van der Waals surface area contributed by atoms with Crippen molar-refractivity contribution in [3.8, 4) is 11.5 Å². The number of hydrogen-bond acceptors (Lipinski definition) is 10. The Hall–Kier alpha value is -3.45. The summed E-state index contributed by atoms with van der Waals surface area (Å²) < 4.78 is 12.8. The van der Waals surface area contributed by atoms with Crippen molar-refractivity contribution in [2.45, 2.75) is 13.5 Å². The summed E-state index contributed by atoms with van der Waals surface area (Å²) in [6, 6.07) is 9.29. The zero-order valence-corrected chi connectivity index (χ0v) is 23.0. The van der Waals surface area contributed by atoms with Crippen molar-refractivity contribution in [3.05, 3.63) is 68.5 Å². The number of aryl methyl sites for hydroxylation is 1. The van der Waals surface area contributed by atoms with Crippen molar-refractivity contribution in [1.82, 2.24) is 19.2 Å². The summed E-state index contributed by atoms with van der Waals surface area (Å²) in [5.74, 6) is 1.62. The lowest BCUT2D eigenvalue weighted by atomic mass is 10.2. The van der Waals surface area contributed by atoms with Crippen LogP contribution in [-0.2, 0) is 11.3 Å². The molecule has 10 nitrogen and oxygen atoms in total. The number of thioether (sulfide) groups is 1. The van der Waals surface area contributed by atoms with E-state index in [0.717, 1.165) is 24.2 Å². The molecule has 1 amide bonds. The molecule has 2 fully saturated rings. The maximum atomic E-state index is 13.8. The molecule has 202 valence electrons. The number of amides is 1. The van der Waals surface area contributed by atoms with E-state index < -0.39 is 0 Å². The molecule has 12 heteroatoms. The predicted octanol–water partition coefficient (Wildman–Crippen LogP) is 2.25. The molecule has 1 aromatic carbocycles. The molecule has 2 saturated heterocycles. The van der Waals surface area contributed by atoms with Gasteiger partial charge in [0, 0.05) is 38.9 Å². The molecule has 0 bridgehead atoms. The fraction of sp³-hybridized carbons (Fsp3) is 0.333. The summed E-state index contributed by atoms with van der Waals surface area (Å²) in [5, 5.41) is 9.31. The van der Waals surface area contributed by atoms with E-state index >= 15 is 0 Å². The minimum atomic E-state index is -0.255. The van der Waals surface area contributed by atoms with E-state index in [4.69, 9.17) is 26.7 Å². The minimum absolute atomic E-state index is 0.105. The number of thiocarbonyl (C=S) groups is 1. The smallest absolute Gasteiger partial charge is 0.267 e. The first-order valence-electron chi connectivity index (χ1n) is 12.7. The molecule has 39 heavy (non-hydrogen) atoms. The largest absolute Gasteiger partial charge is 0.454 e. The van der Waals surface area contributed by atoms with Crippen molar-refractivity contribution >= 4 is 51.7 Å². The number of anilines is 1. The van der Waals surface area contributed by atoms with Gasteiger partial charge in [0.1, 0.15) is 15.8 Å². The standard InChI is InChI=1S/C27H27N5O5S2/c1-17-3-2-6-31-23(17)28-24(30-9-7-29(8-10-30)11-12-33)19(25(31)34)14-22-26(35)32(27(38)39-22)15-18-4-5-20-21(13-18)37-16-36-20/h2-6,13-14,33H,7-12,15-16H2,1H3/b22-14+. The quantitative estimate of drug-likeness (QED) is 0.354. The SMILES string of the molecule is Cc1cccn2c(=O)c(/C=C3/SC(=S)N(Cc4ccc5c(c4)OCO5)C3=O)c(N3CCN(CCO)CC3)nc12. The van der Waals surface area contributed by atoms with Gasteiger partial charge in [0.2, 0.25) is 6.79 Å². The van der Waals surface area contributed by atoms with Gasteiger partial charge in [-0.1, -0.05) is 36.1 Å². The third kappa shape index (κ3) is 4.89. The second kappa shape index (κ2) is 10.6. The van der Waals surface area contributed by atoms with Crippen LogP contribution in [0, 0.1) is 6.92 Å². The molecule has 6 rings (SSSR count). The van der Waals surface area contributed by atoms with E-state index in [1.54, 1.807) is 12.3 Å². The number of β-amino-alcohol motifs (C(OH)–C–C–N with tert-alkyl or cyclic N) is 1. The van der Waals surface area contributed by atoms with Gasteiger partial charge < -0.3 is 19.5 Å². The molecule has 0 radical (unpaired) electrons. The second-order valence-electron chi connectivity index (χ2n) is 9.55. The maximum Gasteiger partial charge on any atom is 0.267 e. The fourth-order valence-corrected chi connectivity index (χ4v) is 6.22. The zero-order chi connectivity index (χ0) is 27.1. The van der Waals surface area contributed by atoms with Gasteiger partial charge in [0.25, 0.3) is 11.5 Å². The van der Waals surface area contributed by atoms with Crippen LogP contribution in [-0.4, -0.2) is 80.6 Å². The first kappa shape index (κ1) is 25.8. The van der Waals surface area contributed by atoms with Crippen LogP contribution in [0.4, 0.5) is 5.82 Å². The average Bonchev–Trinajstić information content (AvgIpc) is 3.51. The molecule has 3 aliphatic rings. The van der Waals surface area contributed by atoms with Crippen LogP contribution >= 0.6 is 24.0 Å². The number of pyridine rings is 1. The number of carbonyl (C=O) groups is 1. The van der Waals surface area contributed by atoms with Gasteiger partial charge in [0.15, 0.2) is 11.5 Å². The van der Waals surface area contributed by atoms with Gasteiger partial charge >= 0.3 is 0 Å². The number of fused-ring (bicyclic) bond motifs is 2. The first-order chi connectivity index (χ1) is 18.9. The van der Waals surface area contributed by atoms with Crippen LogP contribution in [0.1, 0.15) is 16.7 Å². The molecule has 2 aromatic heterocycles. The summed E-state index contributed by atoms with van der Waals surface area (Å²) >= 11 is 6.75. The van der Waals surface area contributed by atoms with Crippen LogP contribution in [0.15, 0.2) is 46.2 Å². The summed E-state index contributed by atoms with van der Waals surface area (Å²) in [6.45, 7) is 5.89. The van der Waals surface area contributed by atoms with E-state index in [9.17, 15) is 14.7 Å². The van der Waals surface area contributed by atoms with E-state index in [1.165, 1.54) is 21.1 Å². The molecule has 0 spiro atoms. The van der Waals surface area contributed by atoms with Crippen molar-refractivity contribution in [2.24, 2.45) is 0 Å². The van der Waals surface area contributed by atoms with Gasteiger partial charge in [-0.2, -0.15) is 0 Å². The number of aliphatic hydroxyl groups excluding tert-OH is 1. The molecule has 0 unspecified atom stereocenters. The van der Waals surface area contributed by atoms with Gasteiger partial charge in [-0.25, -0.2) is 4.98 Å². The highest BCUT2D eigenvalue weighted by Crippen LogP contribution is 2.37. The lowest BCUT2D eigenvalue weighted by Crippen LogP contribution is -2.48. The number of ether oxygens (including phenoxy) is 2. The number of nitrogens with zero attached hydrogens (tertiary/aromatic N) is 5. The fourth-order valence-electron chi connectivity index (χ4n) is 4.98. The Labute approximate surface area is 234 Å². The van der Waals surface area contributed by atoms with E-state index in [0.29, 0.717) is 57.4 Å². The van der Waals surface area contributed by atoms with Crippen molar-refractivity contribution in [1.29, 1.82) is 0 Å². The highest BCUT2D eigenvalue weighted by atomic mass is 32.2. The lowest BCUT2D eigenvalue weighted by molar-refractivity contribution is -0.122. The summed E-state index contributed by atoms with van der Waals surface area (Å²) in [6.07, 6.45) is 3.33. The molecule has 0 atom stereocenters. The summed E-state index contributed by atoms with van der Waals surface area (Å²) in [7, 11) is 0. The molecule has 5 heterocycles. The molecular weight excluding hydrogens is 538 g/mol. The summed E-state index contributed by atoms with van der Waals surface area (Å²) in [4.78, 5) is 38.4. The molecule has 3 aliphatic heterocycles. The van der Waals surface area contributed by atoms with Gasteiger partial charge in [-0.15, -0.1) is 0 Å². The van der Waals surface area contributed by atoms with Crippen LogP contribution in [0.25, 0.3) is 11.7 Å². The predicted molar refractivity (Wildman–Crippen MR) is 153 cm³/mol. The van der Waals surface area contributed by atoms with Gasteiger partial charge in [-0.05, 0) is 42.3 Å². The van der Waals surface area contributed by atoms with Crippen LogP contribution in [0.3, 0.4) is 0 Å². The number of piperazine rings is 1. The monoisotopic (exact) mass is 565 g/mol. The Morgan fingerprint density at radius 2 is 1.92 bits per heavy atom. The van der Waals surface area contributed by atoms with Crippen LogP contribution in [0.2, 0.25) is 0 Å². The van der Waals surface area contributed by atoms with E-state index in [1.807, 2.05) is 37.3 Å². The normalized spacial score (nSPS) is 18.7. The van der Waals surface area contributed by atoms with Crippen molar-refractivity contribution in [3.63, 3.8) is 0 Å². The topological polar surface area (TPSA) is 99.9 Å². The van der Waals surface area contributed by atoms with Gasteiger partial charge in [0.05, 0.1) is 23.6 Å².